The van der Waals surface area contributed by atoms with E-state index >= 15 is 0 Å². The average Bonchev–Trinajstić information content (AvgIpc) is 3.61. The van der Waals surface area contributed by atoms with Crippen molar-refractivity contribution in [1.82, 2.24) is 47.4 Å². The molecule has 85 heavy (non-hydrogen) atoms. The normalized spacial score (nSPS) is 21.6. The van der Waals surface area contributed by atoms with Crippen LogP contribution < -0.4 is 71.2 Å². The Morgan fingerprint density at radius 1 is 0.694 bits per heavy atom. The standard InChI is InChI=1S/C46H65N13O11S2.C9H13NO3/c47-18-8-7-14-29(40(64)52-23-38(51)62)54-45(69)35-15-9-19-59(35)46(70)34-25-72-71-24-28(48)39(63)55-31(20-26-10-3-1-4-11-26)43(67)56-32(21-27-12-5-2-6-13-27)42(66)53-30(16-17-36(49)60)41(65)57-33(22-37(50)61)44(68)58-34;1-10-5-9(13)6-2-3-7(11)8(12)4-6/h1-6,10-13,28-35H,7-9,14-25,47-48H2,(H2,49,60)(H2,50,61)(H2,51,62)(H,52,64)(H,53,66)(H,54,69)(H,55,63)(H,56,67)(H,57,65)(H,58,68);2-4,9-13H,5H2,1H3/t28-,29-,30-,31-,32-,33-,34-,35-;9-/m00/s1. The molecule has 2 fully saturated rings. The zero-order chi connectivity index (χ0) is 62.6. The van der Waals surface area contributed by atoms with E-state index in [0.717, 1.165) is 21.6 Å². The maximum Gasteiger partial charge on any atom is 0.246 e. The highest BCUT2D eigenvalue weighted by Crippen LogP contribution is 2.28. The van der Waals surface area contributed by atoms with Crippen molar-refractivity contribution in [3.63, 3.8) is 0 Å². The third kappa shape index (κ3) is 23.9. The lowest BCUT2D eigenvalue weighted by Gasteiger charge is -2.31. The number of phenols is 2. The third-order valence-corrected chi connectivity index (χ3v) is 15.8. The zero-order valence-electron chi connectivity index (χ0n) is 47.0. The monoisotopic (exact) mass is 1220 g/mol. The second-order valence-electron chi connectivity index (χ2n) is 20.1. The van der Waals surface area contributed by atoms with Crippen molar-refractivity contribution in [3.8, 4) is 11.5 Å². The molecule has 3 aromatic carbocycles. The summed E-state index contributed by atoms with van der Waals surface area (Å²) in [6, 6.07) is 10.6. The average molecular weight is 1220 g/mol. The molecule has 11 amide bonds. The number of likely N-dealkylation sites (N-methyl/N-ethyl adjacent to an activating group) is 1. The van der Waals surface area contributed by atoms with Gasteiger partial charge in [0.1, 0.15) is 42.3 Å². The number of aromatic hydroxyl groups is 2. The molecule has 2 aliphatic heterocycles. The molecule has 2 aliphatic rings. The van der Waals surface area contributed by atoms with E-state index < -0.39 is 145 Å². The lowest BCUT2D eigenvalue weighted by molar-refractivity contribution is -0.142. The van der Waals surface area contributed by atoms with Crippen molar-refractivity contribution in [2.75, 3.05) is 44.7 Å². The van der Waals surface area contributed by atoms with Crippen molar-refractivity contribution in [3.05, 3.63) is 95.6 Å². The van der Waals surface area contributed by atoms with Gasteiger partial charge >= 0.3 is 0 Å². The smallest absolute Gasteiger partial charge is 0.246 e. The van der Waals surface area contributed by atoms with Gasteiger partial charge < -0.3 is 91.4 Å². The van der Waals surface area contributed by atoms with Gasteiger partial charge in [-0.25, -0.2) is 0 Å². The van der Waals surface area contributed by atoms with E-state index in [1.807, 2.05) is 0 Å². The fourth-order valence-electron chi connectivity index (χ4n) is 8.83. The zero-order valence-corrected chi connectivity index (χ0v) is 48.6. The van der Waals surface area contributed by atoms with Crippen LogP contribution in [0.25, 0.3) is 0 Å². The molecule has 2 heterocycles. The van der Waals surface area contributed by atoms with E-state index in [1.54, 1.807) is 73.8 Å². The molecular formula is C55H78N14O14S2. The number of aliphatic hydroxyl groups is 1. The highest BCUT2D eigenvalue weighted by molar-refractivity contribution is 8.76. The molecule has 0 unspecified atom stereocenters. The molecule has 3 aromatic rings. The van der Waals surface area contributed by atoms with Crippen molar-refractivity contribution in [2.24, 2.45) is 28.7 Å². The number of nitrogens with zero attached hydrogens (tertiary/aromatic N) is 1. The molecule has 0 radical (unpaired) electrons. The van der Waals surface area contributed by atoms with Crippen LogP contribution >= 0.6 is 21.6 Å². The number of carbonyl (C=O) groups excluding carboxylic acids is 11. The predicted molar refractivity (Wildman–Crippen MR) is 316 cm³/mol. The third-order valence-electron chi connectivity index (χ3n) is 13.3. The van der Waals surface area contributed by atoms with Gasteiger partial charge in [-0.2, -0.15) is 0 Å². The number of amides is 11. The van der Waals surface area contributed by atoms with Gasteiger partial charge in [0.15, 0.2) is 11.5 Å². The Balaban J connectivity index is 0.00000105. The Hall–Kier alpha value is -8.03. The number of carbonyl (C=O) groups is 11. The van der Waals surface area contributed by atoms with E-state index in [2.05, 4.69) is 42.5 Å². The van der Waals surface area contributed by atoms with Crippen LogP contribution in [0.4, 0.5) is 0 Å². The minimum Gasteiger partial charge on any atom is -0.504 e. The molecule has 28 nitrogen and oxygen atoms in total. The quantitative estimate of drug-likeness (QED) is 0.0262. The molecule has 2 saturated heterocycles. The van der Waals surface area contributed by atoms with E-state index in [-0.39, 0.29) is 55.2 Å². The predicted octanol–water partition coefficient (Wildman–Crippen LogP) is -3.68. The Kier molecular flexibility index (Phi) is 29.4. The minimum atomic E-state index is -1.76. The number of hydrogen-bond donors (Lipinski definition) is 16. The largest absolute Gasteiger partial charge is 0.504 e. The number of nitrogens with one attached hydrogen (secondary N) is 8. The first-order valence-corrected chi connectivity index (χ1v) is 29.9. The molecule has 30 heteroatoms. The van der Waals surface area contributed by atoms with Gasteiger partial charge in [0, 0.05) is 43.9 Å². The second kappa shape index (κ2) is 36.0. The van der Waals surface area contributed by atoms with Crippen molar-refractivity contribution < 1.29 is 68.1 Å². The summed E-state index contributed by atoms with van der Waals surface area (Å²) in [4.78, 5) is 149. The highest BCUT2D eigenvalue weighted by atomic mass is 33.1. The maximum absolute atomic E-state index is 14.6. The molecule has 0 saturated carbocycles. The Labute approximate surface area is 499 Å². The van der Waals surface area contributed by atoms with E-state index in [1.165, 1.54) is 17.0 Å². The fraction of sp³-hybridized carbons (Fsp3) is 0.473. The molecule has 464 valence electrons. The van der Waals surface area contributed by atoms with Gasteiger partial charge in [0.05, 0.1) is 25.1 Å². The molecule has 21 N–H and O–H groups in total. The van der Waals surface area contributed by atoms with Crippen molar-refractivity contribution in [2.45, 2.75) is 119 Å². The molecule has 0 aliphatic carbocycles. The van der Waals surface area contributed by atoms with Crippen LogP contribution in [-0.4, -0.2) is 178 Å². The van der Waals surface area contributed by atoms with E-state index in [0.29, 0.717) is 49.0 Å². The number of hydrogen-bond acceptors (Lipinski definition) is 19. The first-order valence-electron chi connectivity index (χ1n) is 27.4. The van der Waals surface area contributed by atoms with Crippen LogP contribution in [0.2, 0.25) is 0 Å². The Morgan fingerprint density at radius 3 is 1.82 bits per heavy atom. The number of benzene rings is 3. The number of primary amides is 3. The lowest BCUT2D eigenvalue weighted by Crippen LogP contribution is -2.61. The summed E-state index contributed by atoms with van der Waals surface area (Å²) in [5.41, 5.74) is 30.0. The minimum absolute atomic E-state index is 0.0198. The highest BCUT2D eigenvalue weighted by Gasteiger charge is 2.41. The summed E-state index contributed by atoms with van der Waals surface area (Å²) in [7, 11) is 3.80. The number of aliphatic hydroxyl groups excluding tert-OH is 1. The first-order chi connectivity index (χ1) is 40.5. The van der Waals surface area contributed by atoms with Gasteiger partial charge in [-0.3, -0.25) is 52.7 Å². The van der Waals surface area contributed by atoms with Gasteiger partial charge in [-0.15, -0.1) is 0 Å². The Bertz CT molecular complexity index is 2770. The van der Waals surface area contributed by atoms with Gasteiger partial charge in [0.25, 0.3) is 0 Å². The number of rotatable bonds is 22. The SMILES string of the molecule is CNC[C@H](O)c1ccc(O)c(O)c1.NCCCC[C@H](NC(=O)[C@@H]1CCCN1C(=O)[C@@H]1CSSC[C@H](N)C(=O)N[C@@H](Cc2ccccc2)C(=O)N[C@@H](Cc2ccccc2)C(=O)N[C@@H](CCC(N)=O)C(=O)N[C@@H](CC(N)=O)C(=O)N1)C(=O)NCC(N)=O. The van der Waals surface area contributed by atoms with Crippen LogP contribution in [0.15, 0.2) is 78.9 Å². The van der Waals surface area contributed by atoms with Crippen LogP contribution in [0.5, 0.6) is 11.5 Å². The second-order valence-corrected chi connectivity index (χ2v) is 22.6. The van der Waals surface area contributed by atoms with Crippen molar-refractivity contribution >= 4 is 86.6 Å². The maximum atomic E-state index is 14.6. The number of nitrogens with two attached hydrogens (primary N) is 5. The fourth-order valence-corrected chi connectivity index (χ4v) is 11.1. The number of unbranched alkanes of at least 4 members (excludes halogenated alkanes) is 1. The topological polar surface area (TPSA) is 478 Å². The summed E-state index contributed by atoms with van der Waals surface area (Å²) in [6.45, 7) is 0.286. The molecule has 0 spiro atoms. The van der Waals surface area contributed by atoms with E-state index in [9.17, 15) is 57.8 Å². The Morgan fingerprint density at radius 2 is 1.26 bits per heavy atom. The van der Waals surface area contributed by atoms with Crippen molar-refractivity contribution in [1.29, 1.82) is 0 Å². The summed E-state index contributed by atoms with van der Waals surface area (Å²) < 4.78 is 0. The summed E-state index contributed by atoms with van der Waals surface area (Å²) in [6.07, 6.45) is -0.811. The summed E-state index contributed by atoms with van der Waals surface area (Å²) >= 11 is 0. The molecule has 0 bridgehead atoms. The van der Waals surface area contributed by atoms with Gasteiger partial charge in [-0.1, -0.05) is 88.3 Å². The summed E-state index contributed by atoms with van der Waals surface area (Å²) in [5.74, 6) is -10.1. The van der Waals surface area contributed by atoms with Crippen LogP contribution in [0, 0.1) is 0 Å². The molecule has 0 aromatic heterocycles. The number of likely N-dealkylation sites (tertiary alicyclic amines) is 1. The molecular weight excluding hydrogens is 1140 g/mol. The van der Waals surface area contributed by atoms with Crippen LogP contribution in [0.1, 0.15) is 74.2 Å². The van der Waals surface area contributed by atoms with Crippen LogP contribution in [0.3, 0.4) is 0 Å². The number of phenolic OH excluding ortho intramolecular Hbond substituents is 2. The summed E-state index contributed by atoms with van der Waals surface area (Å²) in [5, 5.41) is 48.4. The van der Waals surface area contributed by atoms with E-state index in [4.69, 9.17) is 38.9 Å². The lowest BCUT2D eigenvalue weighted by atomic mass is 10.0. The van der Waals surface area contributed by atoms with Gasteiger partial charge in [-0.05, 0) is 80.9 Å². The molecule has 9 atom stereocenters. The van der Waals surface area contributed by atoms with Gasteiger partial charge in [0.2, 0.25) is 65.0 Å². The molecule has 5 rings (SSSR count). The first kappa shape index (κ1) is 69.5. The van der Waals surface area contributed by atoms with Crippen LogP contribution in [-0.2, 0) is 65.6 Å².